The van der Waals surface area contributed by atoms with Crippen LogP contribution in [0.1, 0.15) is 26.7 Å². The van der Waals surface area contributed by atoms with Crippen LogP contribution < -0.4 is 5.73 Å². The molecule has 1 saturated heterocycles. The molecule has 2 N–H and O–H groups in total. The van der Waals surface area contributed by atoms with Crippen LogP contribution in [0.3, 0.4) is 0 Å². The van der Waals surface area contributed by atoms with Gasteiger partial charge in [-0.25, -0.2) is 0 Å². The molecule has 2 aliphatic rings. The lowest BCUT2D eigenvalue weighted by atomic mass is 10.0. The zero-order valence-electron chi connectivity index (χ0n) is 8.42. The highest BCUT2D eigenvalue weighted by molar-refractivity contribution is 5.78. The molecule has 1 aliphatic carbocycles. The van der Waals surface area contributed by atoms with E-state index in [-0.39, 0.29) is 17.9 Å². The van der Waals surface area contributed by atoms with Crippen LogP contribution in [0.2, 0.25) is 0 Å². The van der Waals surface area contributed by atoms with Crippen LogP contribution >= 0.6 is 0 Å². The maximum absolute atomic E-state index is 11.7. The van der Waals surface area contributed by atoms with Gasteiger partial charge >= 0.3 is 0 Å². The highest BCUT2D eigenvalue weighted by Gasteiger charge is 2.54. The van der Waals surface area contributed by atoms with Crippen molar-refractivity contribution in [2.24, 2.45) is 17.1 Å². The molecule has 1 atom stereocenters. The van der Waals surface area contributed by atoms with Crippen LogP contribution in [-0.2, 0) is 4.79 Å². The fraction of sp³-hybridized carbons (Fsp3) is 0.900. The lowest BCUT2D eigenvalue weighted by Crippen LogP contribution is -2.34. The fourth-order valence-corrected chi connectivity index (χ4v) is 2.22. The van der Waals surface area contributed by atoms with Crippen molar-refractivity contribution in [2.45, 2.75) is 32.7 Å². The Hall–Kier alpha value is -0.570. The Kier molecular flexibility index (Phi) is 1.88. The average molecular weight is 182 g/mol. The third kappa shape index (κ3) is 1.35. The first-order valence-electron chi connectivity index (χ1n) is 5.09. The molecule has 0 aromatic carbocycles. The van der Waals surface area contributed by atoms with E-state index in [1.165, 1.54) is 12.8 Å². The number of hydrogen-bond acceptors (Lipinski definition) is 2. The van der Waals surface area contributed by atoms with Crippen LogP contribution in [0, 0.1) is 11.3 Å². The lowest BCUT2D eigenvalue weighted by molar-refractivity contribution is -0.133. The van der Waals surface area contributed by atoms with Crippen LogP contribution in [0.25, 0.3) is 0 Å². The third-order valence-corrected chi connectivity index (χ3v) is 3.41. The monoisotopic (exact) mass is 182 g/mol. The van der Waals surface area contributed by atoms with Crippen molar-refractivity contribution in [3.63, 3.8) is 0 Å². The second-order valence-corrected chi connectivity index (χ2v) is 4.84. The largest absolute Gasteiger partial charge is 0.340 e. The zero-order valence-corrected chi connectivity index (χ0v) is 8.42. The van der Waals surface area contributed by atoms with Crippen LogP contribution in [-0.4, -0.2) is 29.9 Å². The summed E-state index contributed by atoms with van der Waals surface area (Å²) >= 11 is 0. The Labute approximate surface area is 79.3 Å². The van der Waals surface area contributed by atoms with Gasteiger partial charge in [0, 0.05) is 30.5 Å². The number of carbonyl (C=O) groups is 1. The highest BCUT2D eigenvalue weighted by Crippen LogP contribution is 2.52. The average Bonchev–Trinajstić information content (AvgIpc) is 2.75. The first-order valence-corrected chi connectivity index (χ1v) is 5.09. The van der Waals surface area contributed by atoms with Gasteiger partial charge in [0.05, 0.1) is 0 Å². The van der Waals surface area contributed by atoms with E-state index in [0.29, 0.717) is 5.41 Å². The minimum atomic E-state index is 0.112. The van der Waals surface area contributed by atoms with Crippen molar-refractivity contribution < 1.29 is 4.79 Å². The van der Waals surface area contributed by atoms with Gasteiger partial charge in [-0.15, -0.1) is 0 Å². The summed E-state index contributed by atoms with van der Waals surface area (Å²) in [5.74, 6) is 0.375. The molecule has 74 valence electrons. The van der Waals surface area contributed by atoms with Crippen molar-refractivity contribution in [3.8, 4) is 0 Å². The van der Waals surface area contributed by atoms with E-state index in [1.54, 1.807) is 0 Å². The summed E-state index contributed by atoms with van der Waals surface area (Å²) < 4.78 is 0. The molecule has 0 radical (unpaired) electrons. The van der Waals surface area contributed by atoms with Crippen molar-refractivity contribution in [1.82, 2.24) is 4.90 Å². The normalized spacial score (nSPS) is 30.2. The molecule has 1 spiro atoms. The van der Waals surface area contributed by atoms with Crippen molar-refractivity contribution in [2.75, 3.05) is 13.1 Å². The smallest absolute Gasteiger partial charge is 0.225 e. The van der Waals surface area contributed by atoms with Gasteiger partial charge in [0.2, 0.25) is 5.91 Å². The molecule has 3 heteroatoms. The molecule has 2 rings (SSSR count). The van der Waals surface area contributed by atoms with Gasteiger partial charge in [-0.2, -0.15) is 0 Å². The minimum absolute atomic E-state index is 0.112. The Morgan fingerprint density at radius 1 is 1.54 bits per heavy atom. The maximum Gasteiger partial charge on any atom is 0.225 e. The number of nitrogens with two attached hydrogens (primary N) is 1. The predicted molar refractivity (Wildman–Crippen MR) is 51.1 cm³/mol. The number of carbonyl (C=O) groups excluding carboxylic acids is 1. The van der Waals surface area contributed by atoms with Gasteiger partial charge in [-0.1, -0.05) is 13.8 Å². The summed E-state index contributed by atoms with van der Waals surface area (Å²) in [6, 6.07) is 0.232. The van der Waals surface area contributed by atoms with Crippen molar-refractivity contribution >= 4 is 5.91 Å². The van der Waals surface area contributed by atoms with Gasteiger partial charge in [0.1, 0.15) is 0 Å². The van der Waals surface area contributed by atoms with E-state index in [4.69, 9.17) is 5.73 Å². The van der Waals surface area contributed by atoms with Crippen LogP contribution in [0.5, 0.6) is 0 Å². The molecule has 0 unspecified atom stereocenters. The van der Waals surface area contributed by atoms with E-state index >= 15 is 0 Å². The Morgan fingerprint density at radius 3 is 2.54 bits per heavy atom. The molecule has 1 amide bonds. The van der Waals surface area contributed by atoms with Gasteiger partial charge in [0.15, 0.2) is 0 Å². The first-order chi connectivity index (χ1) is 6.05. The van der Waals surface area contributed by atoms with E-state index in [1.807, 2.05) is 18.7 Å². The fourth-order valence-electron chi connectivity index (χ4n) is 2.22. The van der Waals surface area contributed by atoms with Crippen LogP contribution in [0.15, 0.2) is 0 Å². The molecule has 1 saturated carbocycles. The van der Waals surface area contributed by atoms with Gasteiger partial charge < -0.3 is 10.6 Å². The number of nitrogens with zero attached hydrogens (tertiary/aromatic N) is 1. The van der Waals surface area contributed by atoms with Gasteiger partial charge in [0.25, 0.3) is 0 Å². The minimum Gasteiger partial charge on any atom is -0.340 e. The molecule has 0 aromatic heterocycles. The van der Waals surface area contributed by atoms with E-state index in [9.17, 15) is 4.79 Å². The van der Waals surface area contributed by atoms with Gasteiger partial charge in [-0.05, 0) is 12.8 Å². The highest BCUT2D eigenvalue weighted by atomic mass is 16.2. The van der Waals surface area contributed by atoms with Crippen molar-refractivity contribution in [3.05, 3.63) is 0 Å². The molecule has 2 fully saturated rings. The molecule has 1 heterocycles. The lowest BCUT2D eigenvalue weighted by Gasteiger charge is -2.18. The molecular weight excluding hydrogens is 164 g/mol. The summed E-state index contributed by atoms with van der Waals surface area (Å²) in [5, 5.41) is 0. The molecule has 13 heavy (non-hydrogen) atoms. The zero-order chi connectivity index (χ0) is 9.64. The Morgan fingerprint density at radius 2 is 2.15 bits per heavy atom. The number of amides is 1. The molecule has 3 nitrogen and oxygen atoms in total. The molecule has 1 aliphatic heterocycles. The first kappa shape index (κ1) is 9.00. The van der Waals surface area contributed by atoms with E-state index < -0.39 is 0 Å². The quantitative estimate of drug-likeness (QED) is 0.645. The topological polar surface area (TPSA) is 46.3 Å². The molecular formula is C10H18N2O. The molecule has 0 aromatic rings. The van der Waals surface area contributed by atoms with Gasteiger partial charge in [-0.3, -0.25) is 4.79 Å². The standard InChI is InChI=1S/C10H18N2O/c1-7(2)9(13)12-5-8(11)10(6-12)3-4-10/h7-8H,3-6,11H2,1-2H3/t8-/m1/s1. The maximum atomic E-state index is 11.7. The summed E-state index contributed by atoms with van der Waals surface area (Å²) in [5.41, 5.74) is 6.33. The second kappa shape index (κ2) is 2.71. The number of hydrogen-bond donors (Lipinski definition) is 1. The van der Waals surface area contributed by atoms with E-state index in [0.717, 1.165) is 13.1 Å². The number of rotatable bonds is 1. The Bertz CT molecular complexity index is 233. The summed E-state index contributed by atoms with van der Waals surface area (Å²) in [4.78, 5) is 13.6. The predicted octanol–water partition coefficient (Wildman–Crippen LogP) is 0.592. The summed E-state index contributed by atoms with van der Waals surface area (Å²) in [6.07, 6.45) is 2.44. The van der Waals surface area contributed by atoms with Crippen LogP contribution in [0.4, 0.5) is 0 Å². The summed E-state index contributed by atoms with van der Waals surface area (Å²) in [6.45, 7) is 5.58. The second-order valence-electron chi connectivity index (χ2n) is 4.84. The summed E-state index contributed by atoms with van der Waals surface area (Å²) in [7, 11) is 0. The van der Waals surface area contributed by atoms with E-state index in [2.05, 4.69) is 0 Å². The molecule has 0 bridgehead atoms. The third-order valence-electron chi connectivity index (χ3n) is 3.41. The number of likely N-dealkylation sites (tertiary alicyclic amines) is 1. The van der Waals surface area contributed by atoms with Crippen molar-refractivity contribution in [1.29, 1.82) is 0 Å². The SMILES string of the molecule is CC(C)C(=O)N1C[C@@H](N)C2(CC2)C1. The Balaban J connectivity index is 2.01.